The second kappa shape index (κ2) is 5.70. The minimum absolute atomic E-state index is 0.00708. The summed E-state index contributed by atoms with van der Waals surface area (Å²) in [6.45, 7) is 2.56. The first-order valence-corrected chi connectivity index (χ1v) is 5.36. The fourth-order valence-corrected chi connectivity index (χ4v) is 1.46. The van der Waals surface area contributed by atoms with E-state index in [0.29, 0.717) is 32.4 Å². The Labute approximate surface area is 89.2 Å². The first-order chi connectivity index (χ1) is 7.13. The Morgan fingerprint density at radius 1 is 1.73 bits per heavy atom. The van der Waals surface area contributed by atoms with Gasteiger partial charge in [-0.3, -0.25) is 9.59 Å². The molecule has 2 unspecified atom stereocenters. The van der Waals surface area contributed by atoms with E-state index >= 15 is 0 Å². The van der Waals surface area contributed by atoms with Gasteiger partial charge in [-0.1, -0.05) is 6.92 Å². The Balaban J connectivity index is 2.25. The molecule has 86 valence electrons. The summed E-state index contributed by atoms with van der Waals surface area (Å²) in [6, 6.07) is 0. The second-order valence-electron chi connectivity index (χ2n) is 3.85. The van der Waals surface area contributed by atoms with Crippen molar-refractivity contribution in [1.29, 1.82) is 0 Å². The third kappa shape index (κ3) is 3.87. The lowest BCUT2D eigenvalue weighted by Crippen LogP contribution is -2.44. The maximum Gasteiger partial charge on any atom is 0.224 e. The second-order valence-corrected chi connectivity index (χ2v) is 3.85. The van der Waals surface area contributed by atoms with Crippen molar-refractivity contribution >= 4 is 11.8 Å². The molecule has 1 heterocycles. The molecule has 1 aliphatic rings. The van der Waals surface area contributed by atoms with Gasteiger partial charge in [0.05, 0.1) is 12.0 Å². The van der Waals surface area contributed by atoms with Crippen LogP contribution < -0.4 is 10.6 Å². The molecule has 2 amide bonds. The lowest BCUT2D eigenvalue weighted by atomic mass is 9.98. The summed E-state index contributed by atoms with van der Waals surface area (Å²) in [6.07, 6.45) is 1.16. The van der Waals surface area contributed by atoms with Crippen molar-refractivity contribution in [2.45, 2.75) is 32.3 Å². The van der Waals surface area contributed by atoms with Crippen molar-refractivity contribution in [3.63, 3.8) is 0 Å². The quantitative estimate of drug-likeness (QED) is 0.584. The highest BCUT2D eigenvalue weighted by atomic mass is 16.3. The zero-order chi connectivity index (χ0) is 11.3. The Kier molecular flexibility index (Phi) is 4.55. The molecular weight excluding hydrogens is 196 g/mol. The van der Waals surface area contributed by atoms with E-state index in [2.05, 4.69) is 10.6 Å². The van der Waals surface area contributed by atoms with Crippen molar-refractivity contribution in [1.82, 2.24) is 10.6 Å². The third-order valence-corrected chi connectivity index (χ3v) is 2.62. The molecule has 0 aliphatic carbocycles. The van der Waals surface area contributed by atoms with Gasteiger partial charge < -0.3 is 15.7 Å². The van der Waals surface area contributed by atoms with Crippen LogP contribution in [0.3, 0.4) is 0 Å². The third-order valence-electron chi connectivity index (χ3n) is 2.62. The smallest absolute Gasteiger partial charge is 0.224 e. The predicted octanol–water partition coefficient (Wildman–Crippen LogP) is -0.600. The largest absolute Gasteiger partial charge is 0.391 e. The minimum Gasteiger partial charge on any atom is -0.391 e. The number of piperidine rings is 1. The molecule has 0 aromatic carbocycles. The van der Waals surface area contributed by atoms with E-state index in [1.54, 1.807) is 0 Å². The fourth-order valence-electron chi connectivity index (χ4n) is 1.46. The van der Waals surface area contributed by atoms with E-state index < -0.39 is 6.10 Å². The number of carbonyl (C=O) groups is 2. The highest BCUT2D eigenvalue weighted by Crippen LogP contribution is 2.10. The van der Waals surface area contributed by atoms with Crippen molar-refractivity contribution in [3.8, 4) is 0 Å². The number of carbonyl (C=O) groups excluding carboxylic acids is 2. The summed E-state index contributed by atoms with van der Waals surface area (Å²) in [7, 11) is 0. The number of hydrogen-bond donors (Lipinski definition) is 3. The fraction of sp³-hybridized carbons (Fsp3) is 0.800. The van der Waals surface area contributed by atoms with E-state index in [4.69, 9.17) is 0 Å². The Morgan fingerprint density at radius 2 is 2.47 bits per heavy atom. The molecule has 0 radical (unpaired) electrons. The maximum absolute atomic E-state index is 11.6. The van der Waals surface area contributed by atoms with Crippen LogP contribution in [0.4, 0.5) is 0 Å². The van der Waals surface area contributed by atoms with Gasteiger partial charge in [-0.15, -0.1) is 0 Å². The van der Waals surface area contributed by atoms with Gasteiger partial charge in [-0.25, -0.2) is 0 Å². The van der Waals surface area contributed by atoms with Crippen LogP contribution in [-0.2, 0) is 9.59 Å². The van der Waals surface area contributed by atoms with E-state index in [9.17, 15) is 14.7 Å². The van der Waals surface area contributed by atoms with Crippen LogP contribution in [0.15, 0.2) is 0 Å². The molecule has 15 heavy (non-hydrogen) atoms. The van der Waals surface area contributed by atoms with Crippen LogP contribution in [-0.4, -0.2) is 36.1 Å². The van der Waals surface area contributed by atoms with E-state index in [1.807, 2.05) is 6.92 Å². The van der Waals surface area contributed by atoms with Gasteiger partial charge in [0.15, 0.2) is 0 Å². The molecular formula is C10H18N2O3. The monoisotopic (exact) mass is 214 g/mol. The molecule has 0 aromatic heterocycles. The summed E-state index contributed by atoms with van der Waals surface area (Å²) in [5.74, 6) is -0.220. The van der Waals surface area contributed by atoms with Crippen molar-refractivity contribution in [3.05, 3.63) is 0 Å². The predicted molar refractivity (Wildman–Crippen MR) is 55.0 cm³/mol. The molecule has 5 nitrogen and oxygen atoms in total. The van der Waals surface area contributed by atoms with Gasteiger partial charge >= 0.3 is 0 Å². The number of amides is 2. The molecule has 3 N–H and O–H groups in total. The van der Waals surface area contributed by atoms with Crippen molar-refractivity contribution in [2.24, 2.45) is 5.92 Å². The molecule has 1 rings (SSSR count). The molecule has 2 atom stereocenters. The summed E-state index contributed by atoms with van der Waals surface area (Å²) in [4.78, 5) is 22.4. The maximum atomic E-state index is 11.6. The summed E-state index contributed by atoms with van der Waals surface area (Å²) in [5.41, 5.74) is 0. The highest BCUT2D eigenvalue weighted by molar-refractivity contribution is 5.83. The first kappa shape index (κ1) is 12.0. The Morgan fingerprint density at radius 3 is 3.00 bits per heavy atom. The van der Waals surface area contributed by atoms with Gasteiger partial charge in [0.2, 0.25) is 11.8 Å². The Hall–Kier alpha value is -1.10. The normalized spacial score (nSPS) is 23.1. The van der Waals surface area contributed by atoms with E-state index in [-0.39, 0.29) is 17.7 Å². The number of rotatable bonds is 4. The van der Waals surface area contributed by atoms with Crippen LogP contribution >= 0.6 is 0 Å². The van der Waals surface area contributed by atoms with Crippen molar-refractivity contribution in [2.75, 3.05) is 13.1 Å². The average Bonchev–Trinajstić information content (AvgIpc) is 2.26. The molecule has 1 saturated heterocycles. The molecule has 1 fully saturated rings. The molecule has 0 bridgehead atoms. The van der Waals surface area contributed by atoms with Crippen LogP contribution in [0.1, 0.15) is 26.2 Å². The van der Waals surface area contributed by atoms with Crippen LogP contribution in [0.5, 0.6) is 0 Å². The zero-order valence-electron chi connectivity index (χ0n) is 8.95. The average molecular weight is 214 g/mol. The standard InChI is InChI=1S/C10H18N2O3/c1-2-8(13)6-12-10(15)7-3-4-9(14)11-5-7/h7-8,13H,2-6H2,1H3,(H,11,14)(H,12,15). The lowest BCUT2D eigenvalue weighted by molar-refractivity contribution is -0.129. The number of aliphatic hydroxyl groups excluding tert-OH is 1. The number of aliphatic hydroxyl groups is 1. The summed E-state index contributed by atoms with van der Waals surface area (Å²) < 4.78 is 0. The van der Waals surface area contributed by atoms with Gasteiger partial charge in [0, 0.05) is 19.5 Å². The zero-order valence-corrected chi connectivity index (χ0v) is 8.95. The minimum atomic E-state index is -0.480. The molecule has 1 aliphatic heterocycles. The number of hydrogen-bond acceptors (Lipinski definition) is 3. The molecule has 5 heteroatoms. The van der Waals surface area contributed by atoms with Crippen molar-refractivity contribution < 1.29 is 14.7 Å². The van der Waals surface area contributed by atoms with Gasteiger partial charge in [0.1, 0.15) is 0 Å². The van der Waals surface area contributed by atoms with Crippen LogP contribution in [0, 0.1) is 5.92 Å². The number of nitrogens with one attached hydrogen (secondary N) is 2. The van der Waals surface area contributed by atoms with Crippen LogP contribution in [0.2, 0.25) is 0 Å². The molecule has 0 spiro atoms. The molecule has 0 saturated carbocycles. The van der Waals surface area contributed by atoms with Gasteiger partial charge in [0.25, 0.3) is 0 Å². The summed E-state index contributed by atoms with van der Waals surface area (Å²) >= 11 is 0. The first-order valence-electron chi connectivity index (χ1n) is 5.36. The topological polar surface area (TPSA) is 78.4 Å². The van der Waals surface area contributed by atoms with E-state index in [1.165, 1.54) is 0 Å². The van der Waals surface area contributed by atoms with Gasteiger partial charge in [-0.05, 0) is 12.8 Å². The van der Waals surface area contributed by atoms with Gasteiger partial charge in [-0.2, -0.15) is 0 Å². The highest BCUT2D eigenvalue weighted by Gasteiger charge is 2.24. The Bertz CT molecular complexity index is 233. The van der Waals surface area contributed by atoms with E-state index in [0.717, 1.165) is 0 Å². The van der Waals surface area contributed by atoms with Crippen LogP contribution in [0.25, 0.3) is 0 Å². The summed E-state index contributed by atoms with van der Waals surface area (Å²) in [5, 5.41) is 14.6. The molecule has 0 aromatic rings. The lowest BCUT2D eigenvalue weighted by Gasteiger charge is -2.22. The SMILES string of the molecule is CCC(O)CNC(=O)C1CCC(=O)NC1.